The molecule has 1 N–H and O–H groups in total. The summed E-state index contributed by atoms with van der Waals surface area (Å²) in [6.45, 7) is 9.59. The molecule has 0 fully saturated rings. The quantitative estimate of drug-likeness (QED) is 0.755. The number of unbranched alkanes of at least 4 members (excludes halogenated alkanes) is 1. The van der Waals surface area contributed by atoms with E-state index in [1.54, 1.807) is 4.90 Å². The molecule has 0 atom stereocenters. The van der Waals surface area contributed by atoms with E-state index in [1.165, 1.54) is 5.57 Å². The van der Waals surface area contributed by atoms with Gasteiger partial charge in [0.2, 0.25) is 5.91 Å². The Bertz CT molecular complexity index is 680. The number of aryl methyl sites for hydroxylation is 1. The fraction of sp³-hybridized carbons (Fsp3) is 0.524. The monoisotopic (exact) mass is 358 g/mol. The van der Waals surface area contributed by atoms with Crippen molar-refractivity contribution in [2.75, 3.05) is 25.0 Å². The molecule has 0 aliphatic carbocycles. The van der Waals surface area contributed by atoms with Crippen molar-refractivity contribution in [1.82, 2.24) is 4.90 Å². The van der Waals surface area contributed by atoms with E-state index in [2.05, 4.69) is 25.2 Å². The summed E-state index contributed by atoms with van der Waals surface area (Å²) in [4.78, 5) is 25.7. The largest absolute Gasteiger partial charge is 0.449 e. The molecule has 0 saturated heterocycles. The third-order valence-electron chi connectivity index (χ3n) is 4.57. The maximum Gasteiger partial charge on any atom is 0.410 e. The van der Waals surface area contributed by atoms with Gasteiger partial charge in [-0.15, -0.1) is 0 Å². The predicted molar refractivity (Wildman–Crippen MR) is 105 cm³/mol. The Kier molecular flexibility index (Phi) is 7.25. The molecule has 5 heteroatoms. The van der Waals surface area contributed by atoms with E-state index < -0.39 is 0 Å². The van der Waals surface area contributed by atoms with Crippen molar-refractivity contribution in [3.8, 4) is 0 Å². The maximum absolute atomic E-state index is 12.0. The summed E-state index contributed by atoms with van der Waals surface area (Å²) in [7, 11) is 0. The molecule has 2 rings (SSSR count). The first kappa shape index (κ1) is 20.0. The van der Waals surface area contributed by atoms with Crippen LogP contribution in [0.3, 0.4) is 0 Å². The Morgan fingerprint density at radius 2 is 2.08 bits per heavy atom. The van der Waals surface area contributed by atoms with Crippen LogP contribution in [0.15, 0.2) is 24.3 Å². The van der Waals surface area contributed by atoms with Crippen LogP contribution in [0.25, 0.3) is 5.57 Å². The third-order valence-corrected chi connectivity index (χ3v) is 4.57. The number of carbonyl (C=O) groups excluding carboxylic acids is 2. The van der Waals surface area contributed by atoms with E-state index in [-0.39, 0.29) is 17.9 Å². The van der Waals surface area contributed by atoms with Crippen LogP contribution in [0.5, 0.6) is 0 Å². The maximum atomic E-state index is 12.0. The van der Waals surface area contributed by atoms with Crippen LogP contribution in [0.2, 0.25) is 0 Å². The number of hydrogen-bond donors (Lipinski definition) is 1. The van der Waals surface area contributed by atoms with Gasteiger partial charge in [-0.25, -0.2) is 4.79 Å². The molecule has 0 unspecified atom stereocenters. The van der Waals surface area contributed by atoms with E-state index in [0.717, 1.165) is 36.1 Å². The SMILES string of the molecule is CCCCOC(=O)N1CC=C(c2cc(NC(=O)C(C)C)ccc2C)CC1. The molecule has 2 amide bonds. The summed E-state index contributed by atoms with van der Waals surface area (Å²) in [6, 6.07) is 5.98. The van der Waals surface area contributed by atoms with Gasteiger partial charge in [-0.2, -0.15) is 0 Å². The van der Waals surface area contributed by atoms with Gasteiger partial charge in [0.05, 0.1) is 6.61 Å². The first-order valence-corrected chi connectivity index (χ1v) is 9.45. The molecule has 5 nitrogen and oxygen atoms in total. The van der Waals surface area contributed by atoms with Crippen LogP contribution >= 0.6 is 0 Å². The highest BCUT2D eigenvalue weighted by Crippen LogP contribution is 2.28. The standard InChI is InChI=1S/C21H30N2O3/c1-5-6-13-26-21(25)23-11-9-17(10-12-23)19-14-18(8-7-16(19)4)22-20(24)15(2)3/h7-9,14-15H,5-6,10-13H2,1-4H3,(H,22,24). The van der Waals surface area contributed by atoms with Crippen LogP contribution in [0.4, 0.5) is 10.5 Å². The van der Waals surface area contributed by atoms with Gasteiger partial charge in [-0.3, -0.25) is 4.79 Å². The highest BCUT2D eigenvalue weighted by molar-refractivity contribution is 5.92. The van der Waals surface area contributed by atoms with Gasteiger partial charge >= 0.3 is 6.09 Å². The molecule has 0 bridgehead atoms. The lowest BCUT2D eigenvalue weighted by atomic mass is 9.95. The zero-order chi connectivity index (χ0) is 19.1. The van der Waals surface area contributed by atoms with Crippen molar-refractivity contribution >= 4 is 23.3 Å². The lowest BCUT2D eigenvalue weighted by Gasteiger charge is -2.26. The minimum absolute atomic E-state index is 0.0124. The van der Waals surface area contributed by atoms with Crippen molar-refractivity contribution < 1.29 is 14.3 Å². The molecule has 142 valence electrons. The summed E-state index contributed by atoms with van der Waals surface area (Å²) >= 11 is 0. The van der Waals surface area contributed by atoms with E-state index >= 15 is 0 Å². The fourth-order valence-corrected chi connectivity index (χ4v) is 2.81. The first-order chi connectivity index (χ1) is 12.4. The van der Waals surface area contributed by atoms with Crippen molar-refractivity contribution in [3.63, 3.8) is 0 Å². The van der Waals surface area contributed by atoms with E-state index in [4.69, 9.17) is 4.74 Å². The minimum atomic E-state index is -0.233. The number of hydrogen-bond acceptors (Lipinski definition) is 3. The molecular formula is C21H30N2O3. The summed E-state index contributed by atoms with van der Waals surface area (Å²) in [5.74, 6) is -0.0423. The molecule has 0 spiro atoms. The number of anilines is 1. The molecule has 0 saturated carbocycles. The Labute approximate surface area is 156 Å². The number of amides is 2. The van der Waals surface area contributed by atoms with Crippen LogP contribution in [-0.4, -0.2) is 36.6 Å². The Hall–Kier alpha value is -2.30. The fourth-order valence-electron chi connectivity index (χ4n) is 2.81. The number of benzene rings is 1. The highest BCUT2D eigenvalue weighted by Gasteiger charge is 2.20. The highest BCUT2D eigenvalue weighted by atomic mass is 16.6. The molecule has 1 heterocycles. The molecule has 1 aromatic rings. The zero-order valence-electron chi connectivity index (χ0n) is 16.3. The lowest BCUT2D eigenvalue weighted by Crippen LogP contribution is -2.35. The lowest BCUT2D eigenvalue weighted by molar-refractivity contribution is -0.118. The van der Waals surface area contributed by atoms with Crippen molar-refractivity contribution in [1.29, 1.82) is 0 Å². The molecule has 0 radical (unpaired) electrons. The average molecular weight is 358 g/mol. The van der Waals surface area contributed by atoms with Crippen LogP contribution in [0, 0.1) is 12.8 Å². The topological polar surface area (TPSA) is 58.6 Å². The van der Waals surface area contributed by atoms with Gasteiger partial charge in [-0.1, -0.05) is 39.3 Å². The van der Waals surface area contributed by atoms with Crippen LogP contribution in [0.1, 0.15) is 51.2 Å². The number of nitrogens with zero attached hydrogens (tertiary/aromatic N) is 1. The second-order valence-electron chi connectivity index (χ2n) is 7.07. The van der Waals surface area contributed by atoms with Gasteiger partial charge in [0.1, 0.15) is 0 Å². The molecular weight excluding hydrogens is 328 g/mol. The number of ether oxygens (including phenoxy) is 1. The smallest absolute Gasteiger partial charge is 0.410 e. The average Bonchev–Trinajstić information content (AvgIpc) is 2.63. The predicted octanol–water partition coefficient (Wildman–Crippen LogP) is 4.62. The Balaban J connectivity index is 2.05. The van der Waals surface area contributed by atoms with E-state index in [9.17, 15) is 9.59 Å². The second-order valence-corrected chi connectivity index (χ2v) is 7.07. The molecule has 26 heavy (non-hydrogen) atoms. The van der Waals surface area contributed by atoms with Crippen LogP contribution < -0.4 is 5.32 Å². The molecule has 1 aromatic carbocycles. The Morgan fingerprint density at radius 1 is 1.31 bits per heavy atom. The second kappa shape index (κ2) is 9.41. The van der Waals surface area contributed by atoms with Crippen molar-refractivity contribution in [2.24, 2.45) is 5.92 Å². The zero-order valence-corrected chi connectivity index (χ0v) is 16.3. The van der Waals surface area contributed by atoms with Crippen LogP contribution in [-0.2, 0) is 9.53 Å². The third kappa shape index (κ3) is 5.35. The first-order valence-electron chi connectivity index (χ1n) is 9.45. The number of carbonyl (C=O) groups is 2. The summed E-state index contributed by atoms with van der Waals surface area (Å²) in [5, 5.41) is 2.95. The van der Waals surface area contributed by atoms with E-state index in [0.29, 0.717) is 19.7 Å². The molecule has 1 aliphatic heterocycles. The molecule has 0 aromatic heterocycles. The molecule has 1 aliphatic rings. The summed E-state index contributed by atoms with van der Waals surface area (Å²) in [6.07, 6.45) is 4.55. The minimum Gasteiger partial charge on any atom is -0.449 e. The summed E-state index contributed by atoms with van der Waals surface area (Å²) in [5.41, 5.74) is 4.32. The van der Waals surface area contributed by atoms with Crippen molar-refractivity contribution in [3.05, 3.63) is 35.4 Å². The van der Waals surface area contributed by atoms with Gasteiger partial charge in [0, 0.05) is 24.7 Å². The van der Waals surface area contributed by atoms with Gasteiger partial charge < -0.3 is 15.0 Å². The van der Waals surface area contributed by atoms with Gasteiger partial charge in [-0.05, 0) is 48.6 Å². The van der Waals surface area contributed by atoms with Gasteiger partial charge in [0.25, 0.3) is 0 Å². The normalized spacial score (nSPS) is 14.2. The van der Waals surface area contributed by atoms with E-state index in [1.807, 2.05) is 32.0 Å². The van der Waals surface area contributed by atoms with Gasteiger partial charge in [0.15, 0.2) is 0 Å². The summed E-state index contributed by atoms with van der Waals surface area (Å²) < 4.78 is 5.28. The number of rotatable bonds is 6. The Morgan fingerprint density at radius 3 is 2.69 bits per heavy atom. The number of nitrogens with one attached hydrogen (secondary N) is 1. The van der Waals surface area contributed by atoms with Crippen molar-refractivity contribution in [2.45, 2.75) is 47.0 Å².